The summed E-state index contributed by atoms with van der Waals surface area (Å²) in [6, 6.07) is 33.4. The normalized spacial score (nSPS) is 15.8. The molecule has 2 atom stereocenters. The second kappa shape index (κ2) is 18.7. The van der Waals surface area contributed by atoms with Crippen molar-refractivity contribution >= 4 is 55.6 Å². The maximum absolute atomic E-state index is 7.12. The molecule has 2 heterocycles. The summed E-state index contributed by atoms with van der Waals surface area (Å²) in [6.45, 7) is 43.0. The molecule has 2 aliphatic carbocycles. The third-order valence-electron chi connectivity index (χ3n) is 14.2. The van der Waals surface area contributed by atoms with Gasteiger partial charge in [-0.2, -0.15) is 0 Å². The zero-order valence-corrected chi connectivity index (χ0v) is 49.9. The molecule has 2 aliphatic rings. The van der Waals surface area contributed by atoms with Crippen LogP contribution in [0.5, 0.6) is 0 Å². The fraction of sp³-hybridized carbons (Fsp3) is 0.379. The number of rotatable bonds is 8. The quantitative estimate of drug-likeness (QED) is 0.142. The van der Waals surface area contributed by atoms with Crippen LogP contribution in [0.3, 0.4) is 0 Å². The van der Waals surface area contributed by atoms with Crippen LogP contribution in [0.15, 0.2) is 93.8 Å². The van der Waals surface area contributed by atoms with Crippen molar-refractivity contribution in [2.24, 2.45) is 0 Å². The van der Waals surface area contributed by atoms with Gasteiger partial charge in [0.15, 0.2) is 0 Å². The molecule has 2 nitrogen and oxygen atoms in total. The van der Waals surface area contributed by atoms with Crippen LogP contribution in [0.2, 0.25) is 52.4 Å². The van der Waals surface area contributed by atoms with Gasteiger partial charge in [0.2, 0.25) is 0 Å². The Morgan fingerprint density at radius 3 is 1.11 bits per heavy atom. The van der Waals surface area contributed by atoms with E-state index < -0.39 is 41.9 Å². The van der Waals surface area contributed by atoms with Crippen LogP contribution in [-0.4, -0.2) is 21.6 Å². The minimum absolute atomic E-state index is 0. The minimum Gasteiger partial charge on any atom is -1.00 e. The van der Waals surface area contributed by atoms with E-state index in [2.05, 4.69) is 219 Å². The maximum Gasteiger partial charge on any atom is -1.00 e. The first-order valence-electron chi connectivity index (χ1n) is 23.6. The summed E-state index contributed by atoms with van der Waals surface area (Å²) in [5.74, 6) is 2.15. The van der Waals surface area contributed by atoms with Crippen LogP contribution in [0.1, 0.15) is 116 Å². The van der Waals surface area contributed by atoms with E-state index in [-0.39, 0.29) is 35.6 Å². The molecule has 0 N–H and O–H groups in total. The molecule has 0 spiro atoms. The molecule has 0 bridgehead atoms. The van der Waals surface area contributed by atoms with Gasteiger partial charge in [-0.25, -0.2) is 0 Å². The molecule has 0 fully saturated rings. The Morgan fingerprint density at radius 2 is 0.833 bits per heavy atom. The minimum atomic E-state index is -2.81. The average Bonchev–Trinajstić information content (AvgIpc) is 4.02. The van der Waals surface area contributed by atoms with Crippen LogP contribution in [0, 0.1) is 27.7 Å². The number of halogens is 2. The Hall–Kier alpha value is -2.97. The molecule has 66 heavy (non-hydrogen) atoms. The summed E-state index contributed by atoms with van der Waals surface area (Å²) in [4.78, 5) is 0. The van der Waals surface area contributed by atoms with Crippen molar-refractivity contribution in [1.29, 1.82) is 0 Å². The van der Waals surface area contributed by atoms with Crippen molar-refractivity contribution in [3.8, 4) is 22.3 Å². The molecule has 2 unspecified atom stereocenters. The van der Waals surface area contributed by atoms with Crippen molar-refractivity contribution in [2.45, 2.75) is 140 Å². The van der Waals surface area contributed by atoms with Crippen molar-refractivity contribution in [3.05, 3.63) is 152 Å². The summed E-state index contributed by atoms with van der Waals surface area (Å²) < 4.78 is 14.9. The predicted molar refractivity (Wildman–Crippen MR) is 282 cm³/mol. The van der Waals surface area contributed by atoms with Gasteiger partial charge in [0, 0.05) is 0 Å². The Labute approximate surface area is 420 Å². The molecule has 0 radical (unpaired) electrons. The average molecular weight is 1050 g/mol. The third kappa shape index (κ3) is 9.64. The molecule has 6 aromatic rings. The third-order valence-corrected chi connectivity index (χ3v) is 36.9. The molecule has 8 heteroatoms. The Morgan fingerprint density at radius 1 is 0.500 bits per heavy atom. The van der Waals surface area contributed by atoms with Crippen LogP contribution >= 0.6 is 0 Å². The predicted octanol–water partition coefficient (Wildman–Crippen LogP) is 9.89. The number of benzene rings is 4. The summed E-state index contributed by atoms with van der Waals surface area (Å²) in [6.07, 6.45) is 5.19. The number of aryl methyl sites for hydroxylation is 2. The molecule has 346 valence electrons. The van der Waals surface area contributed by atoms with E-state index >= 15 is 0 Å². The van der Waals surface area contributed by atoms with Gasteiger partial charge in [0.25, 0.3) is 0 Å². The van der Waals surface area contributed by atoms with Gasteiger partial charge >= 0.3 is 399 Å². The number of fused-ring (bicyclic) bond motifs is 2. The monoisotopic (exact) mass is 1040 g/mol. The maximum atomic E-state index is 7.12. The molecular weight excluding hydrogens is 975 g/mol. The largest absolute Gasteiger partial charge is 1.00 e. The van der Waals surface area contributed by atoms with Crippen molar-refractivity contribution in [1.82, 2.24) is 0 Å². The van der Waals surface area contributed by atoms with Crippen molar-refractivity contribution in [2.75, 3.05) is 0 Å². The fourth-order valence-corrected chi connectivity index (χ4v) is 31.9. The van der Waals surface area contributed by atoms with Crippen LogP contribution in [0.4, 0.5) is 0 Å². The van der Waals surface area contributed by atoms with Gasteiger partial charge in [-0.3, -0.25) is 0 Å². The van der Waals surface area contributed by atoms with Gasteiger partial charge in [-0.05, 0) is 0 Å². The van der Waals surface area contributed by atoms with Crippen LogP contribution in [-0.2, 0) is 31.2 Å². The topological polar surface area (TPSA) is 26.3 Å². The Kier molecular flexibility index (Phi) is 14.9. The first kappa shape index (κ1) is 52.4. The smallest absolute Gasteiger partial charge is 1.00 e. The number of hydrogen-bond donors (Lipinski definition) is 0. The molecule has 2 aromatic heterocycles. The molecular formula is C58H72Cl2O2Si3Zr. The molecule has 4 aromatic carbocycles. The molecule has 0 saturated carbocycles. The summed E-state index contributed by atoms with van der Waals surface area (Å²) in [7, 11) is -3.42. The van der Waals surface area contributed by atoms with Gasteiger partial charge in [0.05, 0.1) is 0 Å². The number of furan rings is 2. The molecule has 0 saturated heterocycles. The summed E-state index contributed by atoms with van der Waals surface area (Å²) in [5.41, 5.74) is 21.6. The zero-order chi connectivity index (χ0) is 46.6. The van der Waals surface area contributed by atoms with E-state index in [0.29, 0.717) is 7.25 Å². The fourth-order valence-electron chi connectivity index (χ4n) is 10.2. The second-order valence-electron chi connectivity index (χ2n) is 23.4. The standard InChI is InChI=1S/2C28H33OSi.C2H6Si.2ClH.Zr/c2*1-18-15-21-16-22(25-13-14-26(29-25)30(6,7)8)17-24(21)27(19(18)2)20-9-11-23(12-10-20)28(3,4)5;1-3-2;;;/h2*9-17H,1-8H3;1-2H3;2*1H;/q;;;;;+2/p-2. The Balaban J connectivity index is 0.00000360. The molecule has 0 amide bonds. The first-order chi connectivity index (χ1) is 29.8. The molecule has 0 aliphatic heterocycles. The number of hydrogen-bond acceptors (Lipinski definition) is 2. The van der Waals surface area contributed by atoms with Crippen molar-refractivity contribution < 1.29 is 54.0 Å². The summed E-state index contributed by atoms with van der Waals surface area (Å²) in [5, 5.41) is 2.36. The first-order valence-corrected chi connectivity index (χ1v) is 39.6. The molecule has 8 rings (SSSR count). The summed E-state index contributed by atoms with van der Waals surface area (Å²) >= 11 is -2.81. The second-order valence-corrected chi connectivity index (χ2v) is 51.2. The van der Waals surface area contributed by atoms with E-state index in [1.807, 2.05) is 0 Å². The van der Waals surface area contributed by atoms with Gasteiger partial charge < -0.3 is 24.8 Å². The van der Waals surface area contributed by atoms with Crippen LogP contribution in [0.25, 0.3) is 45.6 Å². The van der Waals surface area contributed by atoms with E-state index in [1.54, 1.807) is 0 Å². The van der Waals surface area contributed by atoms with Gasteiger partial charge in [0.1, 0.15) is 0 Å². The van der Waals surface area contributed by atoms with E-state index in [4.69, 9.17) is 8.83 Å². The zero-order valence-electron chi connectivity index (χ0n) is 43.0. The van der Waals surface area contributed by atoms with E-state index in [9.17, 15) is 0 Å². The van der Waals surface area contributed by atoms with Gasteiger partial charge in [-0.1, -0.05) is 0 Å². The van der Waals surface area contributed by atoms with Gasteiger partial charge in [-0.15, -0.1) is 0 Å². The SMILES string of the molecule is Cc1cc2c(c(-c3ccc(C(C)(C)C)cc3)c1C)C=C(c1ccc([Si](C)(C)C)o1)[CH]2[Zr+2]([CH]1C(c2ccc([Si](C)(C)C)o2)=Cc2c1cc(C)c(C)c2-c1ccc(C(C)(C)C)cc1)=[Si](C)C.[Cl-].[Cl-]. The van der Waals surface area contributed by atoms with Crippen LogP contribution < -0.4 is 35.6 Å². The Bertz CT molecular complexity index is 2720. The van der Waals surface area contributed by atoms with E-state index in [0.717, 1.165) is 11.5 Å². The number of allylic oxidation sites excluding steroid dienone is 2. The van der Waals surface area contributed by atoms with Crippen molar-refractivity contribution in [3.63, 3.8) is 0 Å². The van der Waals surface area contributed by atoms with E-state index in [1.165, 1.54) is 99.8 Å².